The zero-order valence-electron chi connectivity index (χ0n) is 20.6. The molecule has 2 aromatic heterocycles. The van der Waals surface area contributed by atoms with Gasteiger partial charge in [0.05, 0.1) is 22.4 Å². The van der Waals surface area contributed by atoms with E-state index in [1.807, 2.05) is 53.4 Å². The Morgan fingerprint density at radius 3 is 2.42 bits per heavy atom. The zero-order valence-corrected chi connectivity index (χ0v) is 17.6. The third kappa shape index (κ3) is 3.18. The second-order valence-corrected chi connectivity index (χ2v) is 8.14. The predicted octanol–water partition coefficient (Wildman–Crippen LogP) is 2.43. The van der Waals surface area contributed by atoms with E-state index in [1.165, 1.54) is 4.90 Å². The molecule has 164 valence electrons. The molecule has 0 unspecified atom stereocenters. The number of aromatic nitrogens is 3. The molecule has 33 heavy (non-hydrogen) atoms. The third-order valence-corrected chi connectivity index (χ3v) is 6.18. The van der Waals surface area contributed by atoms with Gasteiger partial charge in [0.1, 0.15) is 0 Å². The first-order valence-corrected chi connectivity index (χ1v) is 10.7. The van der Waals surface area contributed by atoms with Crippen molar-refractivity contribution < 1.29 is 13.7 Å². The summed E-state index contributed by atoms with van der Waals surface area (Å²) in [7, 11) is 0. The summed E-state index contributed by atoms with van der Waals surface area (Å²) in [5.41, 5.74) is 2.95. The Morgan fingerprint density at radius 2 is 1.61 bits per heavy atom. The number of imide groups is 1. The lowest BCUT2D eigenvalue weighted by atomic mass is 9.97. The van der Waals surface area contributed by atoms with E-state index in [0.717, 1.165) is 10.9 Å². The van der Waals surface area contributed by atoms with E-state index in [2.05, 4.69) is 10.3 Å². The smallest absolute Gasteiger partial charge is 0.261 e. The van der Waals surface area contributed by atoms with Gasteiger partial charge in [-0.15, -0.1) is 0 Å². The maximum atomic E-state index is 13.2. The molecule has 8 nitrogen and oxygen atoms in total. The Balaban J connectivity index is 1.52. The number of rotatable bonds is 3. The Labute approximate surface area is 194 Å². The fourth-order valence-corrected chi connectivity index (χ4v) is 4.52. The van der Waals surface area contributed by atoms with Gasteiger partial charge >= 0.3 is 0 Å². The number of hydrogen-bond donors (Lipinski definition) is 2. The second-order valence-electron chi connectivity index (χ2n) is 8.14. The summed E-state index contributed by atoms with van der Waals surface area (Å²) in [5.74, 6) is -0.593. The normalized spacial score (nSPS) is 19.2. The summed E-state index contributed by atoms with van der Waals surface area (Å²) in [6.45, 7) is -0.622. The van der Waals surface area contributed by atoms with Crippen molar-refractivity contribution >= 4 is 50.7 Å². The van der Waals surface area contributed by atoms with Crippen molar-refractivity contribution in [2.45, 2.75) is 0 Å². The number of carbonyl (C=O) groups excluding carboxylic acids is 2. The molecule has 1 fully saturated rings. The van der Waals surface area contributed by atoms with Crippen LogP contribution in [0.15, 0.2) is 54.7 Å². The number of piperazine rings is 1. The first kappa shape index (κ1) is 16.6. The minimum Gasteiger partial charge on any atom is -0.361 e. The molecule has 2 amide bonds. The molecule has 4 aromatic rings. The van der Waals surface area contributed by atoms with Gasteiger partial charge in [0.2, 0.25) is 5.95 Å². The minimum absolute atomic E-state index is 0.200. The molecule has 1 saturated heterocycles. The van der Waals surface area contributed by atoms with Gasteiger partial charge in [0.15, 0.2) is 0 Å². The number of hydrogen-bond acceptors (Lipinski definition) is 6. The van der Waals surface area contributed by atoms with Crippen molar-refractivity contribution in [1.82, 2.24) is 25.2 Å². The maximum Gasteiger partial charge on any atom is 0.261 e. The summed E-state index contributed by atoms with van der Waals surface area (Å²) in [5, 5.41) is 3.93. The van der Waals surface area contributed by atoms with Crippen molar-refractivity contribution in [3.05, 3.63) is 66.0 Å². The van der Waals surface area contributed by atoms with E-state index < -0.39 is 18.8 Å². The Hall–Kier alpha value is -4.04. The standard InChI is InChI=1S/C25H22N6O2/c1-30-10-12-31(13-11-30)25-27-19-9-5-3-7-16(19)22(28-25)21-20(23(32)29-24(21)33)17-14-26-18-8-4-2-6-15(17)18/h2-9,14,26H,10-13H2,1H3,(H,29,32,33)/i1D3. The van der Waals surface area contributed by atoms with Gasteiger partial charge in [-0.2, -0.15) is 0 Å². The number of para-hydroxylation sites is 2. The van der Waals surface area contributed by atoms with Gasteiger partial charge in [-0.05, 0) is 19.1 Å². The van der Waals surface area contributed by atoms with Crippen molar-refractivity contribution in [1.29, 1.82) is 0 Å². The topological polar surface area (TPSA) is 94.2 Å². The average molecular weight is 442 g/mol. The Kier molecular flexibility index (Phi) is 3.78. The molecular formula is C25H22N6O2. The van der Waals surface area contributed by atoms with Gasteiger partial charge in [-0.3, -0.25) is 14.9 Å². The van der Waals surface area contributed by atoms with Crippen LogP contribution in [0.5, 0.6) is 0 Å². The highest BCUT2D eigenvalue weighted by atomic mass is 16.2. The molecule has 0 saturated carbocycles. The Morgan fingerprint density at radius 1 is 0.879 bits per heavy atom. The number of anilines is 1. The number of carbonyl (C=O) groups is 2. The molecular weight excluding hydrogens is 416 g/mol. The first-order chi connectivity index (χ1) is 17.3. The van der Waals surface area contributed by atoms with Gasteiger partial charge in [-0.25, -0.2) is 9.97 Å². The van der Waals surface area contributed by atoms with Crippen LogP contribution in [0.4, 0.5) is 5.95 Å². The highest BCUT2D eigenvalue weighted by Crippen LogP contribution is 2.37. The largest absolute Gasteiger partial charge is 0.361 e. The molecule has 6 rings (SSSR count). The average Bonchev–Trinajstić information content (AvgIpc) is 3.42. The molecule has 0 radical (unpaired) electrons. The predicted molar refractivity (Wildman–Crippen MR) is 128 cm³/mol. The number of benzene rings is 2. The van der Waals surface area contributed by atoms with E-state index in [9.17, 15) is 9.59 Å². The molecule has 0 bridgehead atoms. The molecule has 2 aromatic carbocycles. The van der Waals surface area contributed by atoms with E-state index in [1.54, 1.807) is 6.20 Å². The van der Waals surface area contributed by atoms with Crippen molar-refractivity contribution in [2.75, 3.05) is 38.1 Å². The minimum atomic E-state index is -2.15. The second kappa shape index (κ2) is 7.53. The zero-order chi connectivity index (χ0) is 25.0. The van der Waals surface area contributed by atoms with Crippen molar-refractivity contribution in [2.24, 2.45) is 0 Å². The summed E-state index contributed by atoms with van der Waals surface area (Å²) in [4.78, 5) is 42.3. The van der Waals surface area contributed by atoms with Crippen LogP contribution in [0.1, 0.15) is 15.4 Å². The molecule has 2 aliphatic rings. The number of likely N-dealkylation sites (N-methyl/N-ethyl adjacent to an activating group) is 1. The molecule has 4 heterocycles. The van der Waals surface area contributed by atoms with Crippen LogP contribution in [-0.2, 0) is 9.59 Å². The Bertz CT molecular complexity index is 1570. The van der Waals surface area contributed by atoms with Crippen LogP contribution in [0, 0.1) is 0 Å². The van der Waals surface area contributed by atoms with Crippen LogP contribution in [0.3, 0.4) is 0 Å². The van der Waals surface area contributed by atoms with Gasteiger partial charge in [0, 0.05) is 58.3 Å². The summed E-state index contributed by atoms with van der Waals surface area (Å²) >= 11 is 0. The highest BCUT2D eigenvalue weighted by molar-refractivity contribution is 6.50. The summed E-state index contributed by atoms with van der Waals surface area (Å²) < 4.78 is 23.0. The molecule has 0 spiro atoms. The van der Waals surface area contributed by atoms with E-state index in [0.29, 0.717) is 54.3 Å². The molecule has 2 aliphatic heterocycles. The van der Waals surface area contributed by atoms with Crippen LogP contribution < -0.4 is 10.2 Å². The number of nitrogens with one attached hydrogen (secondary N) is 2. The number of amides is 2. The fraction of sp³-hybridized carbons (Fsp3) is 0.200. The van der Waals surface area contributed by atoms with Crippen molar-refractivity contribution in [3.8, 4) is 0 Å². The highest BCUT2D eigenvalue weighted by Gasteiger charge is 2.35. The quantitative estimate of drug-likeness (QED) is 0.475. The molecule has 0 atom stereocenters. The third-order valence-electron chi connectivity index (χ3n) is 6.18. The van der Waals surface area contributed by atoms with Crippen LogP contribution in [-0.4, -0.2) is 64.8 Å². The van der Waals surface area contributed by atoms with Gasteiger partial charge in [0.25, 0.3) is 11.8 Å². The molecule has 0 aliphatic carbocycles. The van der Waals surface area contributed by atoms with Gasteiger partial charge < -0.3 is 14.8 Å². The molecule has 2 N–H and O–H groups in total. The SMILES string of the molecule is [2H]C([2H])([2H])N1CCN(c2nc(C3=C(c4c[nH]c5ccccc45)C(=O)NC3=O)c3ccccc3n2)CC1. The fourth-order valence-electron chi connectivity index (χ4n) is 4.52. The van der Waals surface area contributed by atoms with Crippen molar-refractivity contribution in [3.63, 3.8) is 0 Å². The number of fused-ring (bicyclic) bond motifs is 2. The van der Waals surface area contributed by atoms with E-state index in [-0.39, 0.29) is 11.1 Å². The maximum absolute atomic E-state index is 13.2. The van der Waals surface area contributed by atoms with Crippen LogP contribution in [0.2, 0.25) is 0 Å². The number of H-pyrrole nitrogens is 1. The monoisotopic (exact) mass is 441 g/mol. The van der Waals surface area contributed by atoms with Gasteiger partial charge in [-0.1, -0.05) is 36.4 Å². The number of nitrogens with zero attached hydrogens (tertiary/aromatic N) is 4. The lowest BCUT2D eigenvalue weighted by Gasteiger charge is -2.32. The van der Waals surface area contributed by atoms with Crippen LogP contribution >= 0.6 is 0 Å². The molecule has 8 heteroatoms. The number of aromatic amines is 1. The van der Waals surface area contributed by atoms with Crippen LogP contribution in [0.25, 0.3) is 33.0 Å². The van der Waals surface area contributed by atoms with E-state index >= 15 is 0 Å². The summed E-state index contributed by atoms with van der Waals surface area (Å²) in [6.07, 6.45) is 1.73. The summed E-state index contributed by atoms with van der Waals surface area (Å²) in [6, 6.07) is 14.9. The van der Waals surface area contributed by atoms with E-state index in [4.69, 9.17) is 14.1 Å². The first-order valence-electron chi connectivity index (χ1n) is 12.2. The lowest BCUT2D eigenvalue weighted by molar-refractivity contribution is -0.122. The lowest BCUT2D eigenvalue weighted by Crippen LogP contribution is -2.45.